The normalized spacial score (nSPS) is 16.1. The quantitative estimate of drug-likeness (QED) is 0.391. The van der Waals surface area contributed by atoms with Crippen molar-refractivity contribution in [3.63, 3.8) is 0 Å². The van der Waals surface area contributed by atoms with Crippen molar-refractivity contribution >= 4 is 28.3 Å². The van der Waals surface area contributed by atoms with Crippen molar-refractivity contribution < 1.29 is 9.59 Å². The van der Waals surface area contributed by atoms with Crippen LogP contribution in [0.25, 0.3) is 0 Å². The molecule has 8 nitrogen and oxygen atoms in total. The molecule has 1 heterocycles. The first kappa shape index (κ1) is 28.1. The van der Waals surface area contributed by atoms with E-state index in [2.05, 4.69) is 42.4 Å². The number of urea groups is 1. The summed E-state index contributed by atoms with van der Waals surface area (Å²) in [5.41, 5.74) is 7.72. The van der Waals surface area contributed by atoms with Gasteiger partial charge in [-0.25, -0.2) is 4.79 Å². The summed E-state index contributed by atoms with van der Waals surface area (Å²) in [6.45, 7) is 10.4. The highest BCUT2D eigenvalue weighted by molar-refractivity contribution is 7.16. The maximum atomic E-state index is 13.6. The van der Waals surface area contributed by atoms with Gasteiger partial charge in [0.25, 0.3) is 0 Å². The van der Waals surface area contributed by atoms with E-state index in [1.807, 2.05) is 7.05 Å². The number of nitrogens with two attached hydrogens (primary N) is 1. The fraction of sp³-hybridized carbons (Fsp3) is 0.720. The van der Waals surface area contributed by atoms with Crippen LogP contribution in [0.5, 0.6) is 0 Å². The Bertz CT molecular complexity index is 845. The lowest BCUT2D eigenvalue weighted by Gasteiger charge is -2.30. The van der Waals surface area contributed by atoms with Crippen LogP contribution in [0.2, 0.25) is 0 Å². The van der Waals surface area contributed by atoms with E-state index in [4.69, 9.17) is 5.73 Å². The minimum atomic E-state index is -0.296. The molecule has 190 valence electrons. The summed E-state index contributed by atoms with van der Waals surface area (Å²) in [6.07, 6.45) is 5.02. The van der Waals surface area contributed by atoms with Gasteiger partial charge in [-0.2, -0.15) is 5.26 Å². The van der Waals surface area contributed by atoms with Gasteiger partial charge in [0.05, 0.1) is 11.5 Å². The number of hydrogen-bond acceptors (Lipinski definition) is 7. The first-order chi connectivity index (χ1) is 16.4. The van der Waals surface area contributed by atoms with Gasteiger partial charge >= 0.3 is 6.03 Å². The average molecular weight is 491 g/mol. The molecule has 2 unspecified atom stereocenters. The molecule has 0 saturated carbocycles. The van der Waals surface area contributed by atoms with Crippen molar-refractivity contribution in [1.82, 2.24) is 20.4 Å². The Morgan fingerprint density at radius 2 is 2.00 bits per heavy atom. The maximum Gasteiger partial charge on any atom is 0.324 e. The van der Waals surface area contributed by atoms with Crippen molar-refractivity contribution in [2.75, 3.05) is 52.0 Å². The molecule has 0 spiro atoms. The third-order valence-corrected chi connectivity index (χ3v) is 7.89. The van der Waals surface area contributed by atoms with Gasteiger partial charge in [0.1, 0.15) is 11.1 Å². The average Bonchev–Trinajstić information content (AvgIpc) is 3.15. The lowest BCUT2D eigenvalue weighted by molar-refractivity contribution is -0.133. The van der Waals surface area contributed by atoms with Crippen LogP contribution in [0.3, 0.4) is 0 Å². The summed E-state index contributed by atoms with van der Waals surface area (Å²) >= 11 is 1.52. The molecule has 4 N–H and O–H groups in total. The number of unbranched alkanes of at least 4 members (excludes halogenated alkanes) is 1. The molecule has 0 fully saturated rings. The van der Waals surface area contributed by atoms with E-state index >= 15 is 0 Å². The Morgan fingerprint density at radius 1 is 1.26 bits per heavy atom. The van der Waals surface area contributed by atoms with Crippen molar-refractivity contribution in [3.8, 4) is 6.07 Å². The number of nitrogens with zero attached hydrogens (tertiary/aromatic N) is 3. The third kappa shape index (κ3) is 7.42. The number of carbonyl (C=O) groups excluding carboxylic acids is 2. The molecule has 1 aromatic heterocycles. The van der Waals surface area contributed by atoms with E-state index in [0.717, 1.165) is 57.3 Å². The van der Waals surface area contributed by atoms with Gasteiger partial charge < -0.3 is 21.3 Å². The Labute approximate surface area is 208 Å². The molecule has 0 aliphatic heterocycles. The van der Waals surface area contributed by atoms with E-state index in [0.29, 0.717) is 36.6 Å². The number of likely N-dealkylation sites (N-methyl/N-ethyl adjacent to an activating group) is 1. The third-order valence-electron chi connectivity index (χ3n) is 6.76. The molecule has 1 aliphatic rings. The summed E-state index contributed by atoms with van der Waals surface area (Å²) in [4.78, 5) is 31.5. The van der Waals surface area contributed by atoms with E-state index in [1.165, 1.54) is 21.1 Å². The summed E-state index contributed by atoms with van der Waals surface area (Å²) in [5.74, 6) is -0.114. The zero-order valence-corrected chi connectivity index (χ0v) is 22.1. The molecule has 0 aromatic carbocycles. The molecule has 3 amide bonds. The Balaban J connectivity index is 2.08. The zero-order chi connectivity index (χ0) is 25.1. The van der Waals surface area contributed by atoms with Gasteiger partial charge in [-0.15, -0.1) is 11.3 Å². The van der Waals surface area contributed by atoms with Crippen LogP contribution in [-0.2, 0) is 17.6 Å². The number of imide groups is 1. The van der Waals surface area contributed by atoms with Gasteiger partial charge in [0.15, 0.2) is 0 Å². The molecular weight excluding hydrogens is 448 g/mol. The van der Waals surface area contributed by atoms with Crippen molar-refractivity contribution in [1.29, 1.82) is 5.26 Å². The van der Waals surface area contributed by atoms with Crippen molar-refractivity contribution in [2.45, 2.75) is 59.3 Å². The summed E-state index contributed by atoms with van der Waals surface area (Å²) in [6, 6.07) is 1.96. The molecule has 0 radical (unpaired) electrons. The number of fused-ring (bicyclic) bond motifs is 1. The monoisotopic (exact) mass is 490 g/mol. The van der Waals surface area contributed by atoms with Crippen LogP contribution >= 0.6 is 11.3 Å². The first-order valence-electron chi connectivity index (χ1n) is 12.7. The SMILES string of the molecule is CCCCN(C(=O)NCCN(CC)CC)C(=O)C(CNC)CC1CCc2sc(N)c(C#N)c2C1. The van der Waals surface area contributed by atoms with Gasteiger partial charge in [-0.3, -0.25) is 9.69 Å². The van der Waals surface area contributed by atoms with Crippen LogP contribution < -0.4 is 16.4 Å². The van der Waals surface area contributed by atoms with Gasteiger partial charge in [-0.05, 0) is 63.7 Å². The molecule has 2 rings (SSSR count). The van der Waals surface area contributed by atoms with Crippen LogP contribution in [0.4, 0.5) is 9.80 Å². The number of carbonyl (C=O) groups is 2. The van der Waals surface area contributed by atoms with Gasteiger partial charge in [0.2, 0.25) is 5.91 Å². The molecule has 34 heavy (non-hydrogen) atoms. The highest BCUT2D eigenvalue weighted by atomic mass is 32.1. The van der Waals surface area contributed by atoms with E-state index in [-0.39, 0.29) is 23.8 Å². The van der Waals surface area contributed by atoms with Crippen LogP contribution in [0, 0.1) is 23.2 Å². The van der Waals surface area contributed by atoms with Crippen LogP contribution in [0.15, 0.2) is 0 Å². The topological polar surface area (TPSA) is 114 Å². The van der Waals surface area contributed by atoms with Crippen LogP contribution in [0.1, 0.15) is 62.5 Å². The van der Waals surface area contributed by atoms with Gasteiger partial charge in [-0.1, -0.05) is 27.2 Å². The minimum absolute atomic E-state index is 0.112. The van der Waals surface area contributed by atoms with Crippen molar-refractivity contribution in [3.05, 3.63) is 16.0 Å². The molecular formula is C25H42N6O2S. The first-order valence-corrected chi connectivity index (χ1v) is 13.5. The number of rotatable bonds is 13. The van der Waals surface area contributed by atoms with Gasteiger partial charge in [0, 0.05) is 31.1 Å². The number of nitrogens with one attached hydrogen (secondary N) is 2. The maximum absolute atomic E-state index is 13.6. The van der Waals surface area contributed by atoms with E-state index in [9.17, 15) is 14.9 Å². The number of aryl methyl sites for hydroxylation is 1. The highest BCUT2D eigenvalue weighted by Gasteiger charge is 2.32. The molecule has 0 bridgehead atoms. The standard InChI is InChI=1S/C25H42N6O2S/c1-5-8-12-31(25(33)29-11-13-30(6-2)7-3)24(32)19(17-28-4)14-18-9-10-22-20(15-18)21(16-26)23(27)34-22/h18-19,28H,5-15,17,27H2,1-4H3,(H,29,33). The number of thiophene rings is 1. The number of anilines is 1. The highest BCUT2D eigenvalue weighted by Crippen LogP contribution is 2.39. The second-order valence-corrected chi connectivity index (χ2v) is 10.2. The van der Waals surface area contributed by atoms with E-state index in [1.54, 1.807) is 0 Å². The lowest BCUT2D eigenvalue weighted by atomic mass is 9.80. The number of nitrogen functional groups attached to an aromatic ring is 1. The predicted molar refractivity (Wildman–Crippen MR) is 139 cm³/mol. The lowest BCUT2D eigenvalue weighted by Crippen LogP contribution is -2.50. The smallest absolute Gasteiger partial charge is 0.324 e. The molecule has 2 atom stereocenters. The minimum Gasteiger partial charge on any atom is -0.389 e. The Hall–Kier alpha value is -2.15. The Morgan fingerprint density at radius 3 is 2.62 bits per heavy atom. The molecule has 1 aromatic rings. The molecule has 0 saturated heterocycles. The second-order valence-electron chi connectivity index (χ2n) is 9.06. The fourth-order valence-electron chi connectivity index (χ4n) is 4.73. The Kier molecular flexibility index (Phi) is 11.8. The van der Waals surface area contributed by atoms with Crippen LogP contribution in [-0.4, -0.2) is 68.1 Å². The largest absolute Gasteiger partial charge is 0.389 e. The summed E-state index contributed by atoms with van der Waals surface area (Å²) < 4.78 is 0. The number of nitriles is 1. The number of amides is 3. The summed E-state index contributed by atoms with van der Waals surface area (Å²) in [5, 5.41) is 16.2. The number of hydrogen-bond donors (Lipinski definition) is 3. The van der Waals surface area contributed by atoms with E-state index < -0.39 is 0 Å². The zero-order valence-electron chi connectivity index (χ0n) is 21.3. The molecule has 9 heteroatoms. The van der Waals surface area contributed by atoms with Crippen molar-refractivity contribution in [2.24, 2.45) is 11.8 Å². The predicted octanol–water partition coefficient (Wildman–Crippen LogP) is 3.21. The summed E-state index contributed by atoms with van der Waals surface area (Å²) in [7, 11) is 1.84. The fourth-order valence-corrected chi connectivity index (χ4v) is 5.79. The molecule has 1 aliphatic carbocycles. The second kappa shape index (κ2) is 14.3.